The second-order valence-electron chi connectivity index (χ2n) is 7.63. The summed E-state index contributed by atoms with van der Waals surface area (Å²) in [7, 11) is 0. The predicted octanol–water partition coefficient (Wildman–Crippen LogP) is 1.88. The van der Waals surface area contributed by atoms with Crippen LogP contribution >= 0.6 is 0 Å². The molecule has 1 unspecified atom stereocenters. The van der Waals surface area contributed by atoms with Crippen LogP contribution in [0, 0.1) is 11.3 Å². The van der Waals surface area contributed by atoms with E-state index in [0.29, 0.717) is 12.5 Å². The number of urea groups is 1. The van der Waals surface area contributed by atoms with Gasteiger partial charge in [0.1, 0.15) is 0 Å². The van der Waals surface area contributed by atoms with Crippen LogP contribution in [0.2, 0.25) is 0 Å². The Morgan fingerprint density at radius 2 is 1.96 bits per heavy atom. The summed E-state index contributed by atoms with van der Waals surface area (Å²) in [6.07, 6.45) is 3.79. The van der Waals surface area contributed by atoms with Crippen LogP contribution in [0.25, 0.3) is 0 Å². The third-order valence-corrected chi connectivity index (χ3v) is 4.89. The third-order valence-electron chi connectivity index (χ3n) is 4.89. The second-order valence-corrected chi connectivity index (χ2v) is 7.63. The van der Waals surface area contributed by atoms with Crippen molar-refractivity contribution in [3.63, 3.8) is 0 Å². The standard InChI is InChI=1S/C19H28N2O3/c1-19(8-15-4-2-3-5-16(15)9-19)13-21-18(23)20-10-17(22)12-24-11-14-6-7-14/h2-5,14,17,22H,6-13H2,1H3,(H2,20,21,23). The fourth-order valence-electron chi connectivity index (χ4n) is 3.29. The number of carbonyl (C=O) groups is 1. The Hall–Kier alpha value is -1.59. The van der Waals surface area contributed by atoms with Crippen LogP contribution in [0.4, 0.5) is 4.79 Å². The molecule has 24 heavy (non-hydrogen) atoms. The van der Waals surface area contributed by atoms with Gasteiger partial charge in [-0.3, -0.25) is 0 Å². The number of hydrogen-bond donors (Lipinski definition) is 3. The maximum atomic E-state index is 11.9. The molecule has 5 heteroatoms. The van der Waals surface area contributed by atoms with Crippen molar-refractivity contribution in [2.45, 2.75) is 38.7 Å². The summed E-state index contributed by atoms with van der Waals surface area (Å²) in [6, 6.07) is 8.24. The average Bonchev–Trinajstić information content (AvgIpc) is 3.31. The van der Waals surface area contributed by atoms with E-state index in [1.807, 2.05) is 0 Å². The molecule has 0 spiro atoms. The van der Waals surface area contributed by atoms with Crippen molar-refractivity contribution in [2.75, 3.05) is 26.3 Å². The summed E-state index contributed by atoms with van der Waals surface area (Å²) in [5, 5.41) is 15.5. The Morgan fingerprint density at radius 3 is 2.58 bits per heavy atom. The molecule has 0 heterocycles. The lowest BCUT2D eigenvalue weighted by atomic mass is 9.87. The summed E-state index contributed by atoms with van der Waals surface area (Å²) >= 11 is 0. The largest absolute Gasteiger partial charge is 0.389 e. The van der Waals surface area contributed by atoms with Gasteiger partial charge in [0.05, 0.1) is 12.7 Å². The highest BCUT2D eigenvalue weighted by Gasteiger charge is 2.32. The lowest BCUT2D eigenvalue weighted by Gasteiger charge is -2.24. The van der Waals surface area contributed by atoms with Gasteiger partial charge < -0.3 is 20.5 Å². The minimum absolute atomic E-state index is 0.0625. The molecule has 5 nitrogen and oxygen atoms in total. The molecule has 2 amide bonds. The molecule has 0 aliphatic heterocycles. The first-order valence-electron chi connectivity index (χ1n) is 8.88. The van der Waals surface area contributed by atoms with Gasteiger partial charge in [0, 0.05) is 19.7 Å². The molecule has 1 aromatic carbocycles. The Labute approximate surface area is 143 Å². The van der Waals surface area contributed by atoms with E-state index in [9.17, 15) is 9.90 Å². The molecule has 1 saturated carbocycles. The normalized spacial score (nSPS) is 19.6. The van der Waals surface area contributed by atoms with E-state index >= 15 is 0 Å². The number of fused-ring (bicyclic) bond motifs is 1. The van der Waals surface area contributed by atoms with Crippen molar-refractivity contribution in [1.29, 1.82) is 0 Å². The summed E-state index contributed by atoms with van der Waals surface area (Å²) < 4.78 is 5.42. The zero-order valence-corrected chi connectivity index (χ0v) is 14.4. The molecule has 2 aliphatic carbocycles. The molecule has 2 aliphatic rings. The van der Waals surface area contributed by atoms with Gasteiger partial charge in [-0.2, -0.15) is 0 Å². The molecule has 3 rings (SSSR count). The number of aliphatic hydroxyl groups is 1. The highest BCUT2D eigenvalue weighted by atomic mass is 16.5. The van der Waals surface area contributed by atoms with Crippen molar-refractivity contribution in [1.82, 2.24) is 10.6 Å². The first-order valence-corrected chi connectivity index (χ1v) is 8.88. The van der Waals surface area contributed by atoms with Gasteiger partial charge in [0.25, 0.3) is 0 Å². The molecule has 132 valence electrons. The van der Waals surface area contributed by atoms with Crippen molar-refractivity contribution >= 4 is 6.03 Å². The molecule has 0 radical (unpaired) electrons. The Kier molecular flexibility index (Phi) is 5.41. The first-order chi connectivity index (χ1) is 11.5. The molecule has 1 aromatic rings. The van der Waals surface area contributed by atoms with Crippen LogP contribution in [-0.4, -0.2) is 43.5 Å². The lowest BCUT2D eigenvalue weighted by Crippen LogP contribution is -2.44. The molecule has 1 atom stereocenters. The summed E-state index contributed by atoms with van der Waals surface area (Å²) in [5.74, 6) is 0.685. The Balaban J connectivity index is 1.32. The smallest absolute Gasteiger partial charge is 0.314 e. The number of amides is 2. The van der Waals surface area contributed by atoms with Crippen LogP contribution in [0.15, 0.2) is 24.3 Å². The van der Waals surface area contributed by atoms with Gasteiger partial charge in [-0.05, 0) is 48.1 Å². The van der Waals surface area contributed by atoms with Gasteiger partial charge in [-0.1, -0.05) is 31.2 Å². The van der Waals surface area contributed by atoms with Gasteiger partial charge in [-0.25, -0.2) is 4.79 Å². The second kappa shape index (κ2) is 7.53. The number of rotatable bonds is 8. The van der Waals surface area contributed by atoms with Crippen LogP contribution in [0.5, 0.6) is 0 Å². The maximum absolute atomic E-state index is 11.9. The number of aliphatic hydroxyl groups excluding tert-OH is 1. The summed E-state index contributed by atoms with van der Waals surface area (Å²) in [4.78, 5) is 11.9. The van der Waals surface area contributed by atoms with Gasteiger partial charge in [0.2, 0.25) is 0 Å². The van der Waals surface area contributed by atoms with E-state index in [1.165, 1.54) is 24.0 Å². The van der Waals surface area contributed by atoms with E-state index in [-0.39, 0.29) is 24.6 Å². The number of benzene rings is 1. The third kappa shape index (κ3) is 4.95. The Morgan fingerprint density at radius 1 is 1.29 bits per heavy atom. The van der Waals surface area contributed by atoms with Crippen LogP contribution in [0.1, 0.15) is 30.9 Å². The molecule has 0 saturated heterocycles. The van der Waals surface area contributed by atoms with E-state index in [2.05, 4.69) is 41.8 Å². The molecule has 0 aromatic heterocycles. The SMILES string of the molecule is CC1(CNC(=O)NCC(O)COCC2CC2)Cc2ccccc2C1. The quantitative estimate of drug-likeness (QED) is 0.681. The van der Waals surface area contributed by atoms with E-state index in [1.54, 1.807) is 0 Å². The summed E-state index contributed by atoms with van der Waals surface area (Å²) in [5.41, 5.74) is 2.82. The van der Waals surface area contributed by atoms with Crippen molar-refractivity contribution in [3.8, 4) is 0 Å². The fraction of sp³-hybridized carbons (Fsp3) is 0.632. The lowest BCUT2D eigenvalue weighted by molar-refractivity contribution is 0.0337. The minimum atomic E-state index is -0.652. The van der Waals surface area contributed by atoms with Crippen LogP contribution in [0.3, 0.4) is 0 Å². The number of hydrogen-bond acceptors (Lipinski definition) is 3. The van der Waals surface area contributed by atoms with E-state index in [4.69, 9.17) is 4.74 Å². The van der Waals surface area contributed by atoms with Crippen LogP contribution in [-0.2, 0) is 17.6 Å². The minimum Gasteiger partial charge on any atom is -0.389 e. The molecule has 1 fully saturated rings. The molecular weight excluding hydrogens is 304 g/mol. The first kappa shape index (κ1) is 17.2. The topological polar surface area (TPSA) is 70.6 Å². The highest BCUT2D eigenvalue weighted by molar-refractivity contribution is 5.73. The predicted molar refractivity (Wildman–Crippen MR) is 92.9 cm³/mol. The maximum Gasteiger partial charge on any atom is 0.314 e. The van der Waals surface area contributed by atoms with E-state index < -0.39 is 6.10 Å². The number of ether oxygens (including phenoxy) is 1. The van der Waals surface area contributed by atoms with Gasteiger partial charge >= 0.3 is 6.03 Å². The Bertz CT molecular complexity index is 546. The molecule has 3 N–H and O–H groups in total. The number of nitrogens with one attached hydrogen (secondary N) is 2. The zero-order chi connectivity index (χ0) is 17.0. The zero-order valence-electron chi connectivity index (χ0n) is 14.4. The monoisotopic (exact) mass is 332 g/mol. The number of carbonyl (C=O) groups excluding carboxylic acids is 1. The van der Waals surface area contributed by atoms with Crippen molar-refractivity contribution in [3.05, 3.63) is 35.4 Å². The highest BCUT2D eigenvalue weighted by Crippen LogP contribution is 2.35. The van der Waals surface area contributed by atoms with E-state index in [0.717, 1.165) is 19.4 Å². The average molecular weight is 332 g/mol. The van der Waals surface area contributed by atoms with Crippen molar-refractivity contribution in [2.24, 2.45) is 11.3 Å². The van der Waals surface area contributed by atoms with Gasteiger partial charge in [0.15, 0.2) is 0 Å². The van der Waals surface area contributed by atoms with Crippen molar-refractivity contribution < 1.29 is 14.6 Å². The molecule has 0 bridgehead atoms. The van der Waals surface area contributed by atoms with Gasteiger partial charge in [-0.15, -0.1) is 0 Å². The fourth-order valence-corrected chi connectivity index (χ4v) is 3.29. The van der Waals surface area contributed by atoms with Crippen LogP contribution < -0.4 is 10.6 Å². The molecular formula is C19H28N2O3. The summed E-state index contributed by atoms with van der Waals surface area (Å²) in [6.45, 7) is 4.05.